The lowest BCUT2D eigenvalue weighted by Gasteiger charge is -2.61. The van der Waals surface area contributed by atoms with Gasteiger partial charge in [0.05, 0.1) is 36.9 Å². The minimum Gasteiger partial charge on any atom is -0.430 e. The summed E-state index contributed by atoms with van der Waals surface area (Å²) in [6.07, 6.45) is -15.7. The minimum absolute atomic E-state index is 0.0171. The Bertz CT molecular complexity index is 1660. The molecule has 18 nitrogen and oxygen atoms in total. The number of hydrogen-bond donors (Lipinski definition) is 9. The van der Waals surface area contributed by atoms with Crippen LogP contribution in [0.3, 0.4) is 0 Å². The summed E-state index contributed by atoms with van der Waals surface area (Å²) in [7, 11) is 0. The molecule has 4 saturated carbocycles. The van der Waals surface area contributed by atoms with Crippen molar-refractivity contribution < 1.29 is 88.6 Å². The summed E-state index contributed by atoms with van der Waals surface area (Å²) in [6, 6.07) is 0. The van der Waals surface area contributed by atoms with Crippen LogP contribution in [-0.4, -0.2) is 175 Å². The van der Waals surface area contributed by atoms with Crippen LogP contribution in [0, 0.1) is 52.3 Å². The van der Waals surface area contributed by atoms with Gasteiger partial charge in [-0.25, -0.2) is 0 Å². The number of ether oxygens (including phenoxy) is 8. The second kappa shape index (κ2) is 17.1. The van der Waals surface area contributed by atoms with Crippen LogP contribution in [-0.2, 0) is 42.7 Å². The lowest BCUT2D eigenvalue weighted by Crippen LogP contribution is -2.67. The van der Waals surface area contributed by atoms with Crippen molar-refractivity contribution in [3.63, 3.8) is 0 Å². The van der Waals surface area contributed by atoms with E-state index in [2.05, 4.69) is 20.8 Å². The molecule has 0 aromatic carbocycles. The quantitative estimate of drug-likeness (QED) is 0.118. The number of hydrogen-bond acceptors (Lipinski definition) is 18. The van der Waals surface area contributed by atoms with E-state index in [0.717, 1.165) is 38.5 Å². The van der Waals surface area contributed by atoms with Gasteiger partial charge in [-0.3, -0.25) is 4.79 Å². The van der Waals surface area contributed by atoms with Crippen molar-refractivity contribution >= 4 is 5.97 Å². The first-order chi connectivity index (χ1) is 29.7. The van der Waals surface area contributed by atoms with Crippen LogP contribution in [0.5, 0.6) is 0 Å². The first kappa shape index (κ1) is 46.9. The molecule has 9 fully saturated rings. The number of carbonyl (C=O) groups is 1. The van der Waals surface area contributed by atoms with Gasteiger partial charge in [0.1, 0.15) is 67.1 Å². The van der Waals surface area contributed by atoms with Crippen molar-refractivity contribution in [1.82, 2.24) is 0 Å². The maximum atomic E-state index is 12.8. The molecule has 4 aliphatic carbocycles. The van der Waals surface area contributed by atoms with Crippen LogP contribution >= 0.6 is 0 Å². The number of carbonyl (C=O) groups excluding carboxylic acids is 1. The molecule has 5 aliphatic heterocycles. The zero-order valence-electron chi connectivity index (χ0n) is 37.2. The molecule has 9 aliphatic rings. The van der Waals surface area contributed by atoms with E-state index in [1.807, 2.05) is 0 Å². The lowest BCUT2D eigenvalue weighted by molar-refractivity contribution is -0.394. The molecule has 1 unspecified atom stereocenters. The number of fused-ring (bicyclic) bond motifs is 7. The Morgan fingerprint density at radius 1 is 0.635 bits per heavy atom. The Hall–Kier alpha value is -1.17. The summed E-state index contributed by atoms with van der Waals surface area (Å²) in [4.78, 5) is 12.8. The topological polar surface area (TPSA) is 273 Å². The van der Waals surface area contributed by atoms with Crippen LogP contribution in [0.15, 0.2) is 0 Å². The van der Waals surface area contributed by atoms with E-state index >= 15 is 0 Å². The fraction of sp³-hybridized carbons (Fsp3) is 0.978. The molecule has 63 heavy (non-hydrogen) atoms. The fourth-order valence-electron chi connectivity index (χ4n) is 14.6. The molecular formula is C45H72O18. The first-order valence-electron chi connectivity index (χ1n) is 23.6. The molecule has 360 valence electrons. The van der Waals surface area contributed by atoms with E-state index in [1.54, 1.807) is 6.92 Å². The highest BCUT2D eigenvalue weighted by Crippen LogP contribution is 2.71. The molecule has 0 aromatic heterocycles. The van der Waals surface area contributed by atoms with Crippen molar-refractivity contribution in [2.24, 2.45) is 52.3 Å². The molecule has 9 N–H and O–H groups in total. The molecule has 5 saturated heterocycles. The van der Waals surface area contributed by atoms with Gasteiger partial charge in [0.2, 0.25) is 5.79 Å². The average Bonchev–Trinajstić information content (AvgIpc) is 3.70. The third kappa shape index (κ3) is 7.47. The maximum absolute atomic E-state index is 12.8. The molecular weight excluding hydrogens is 828 g/mol. The van der Waals surface area contributed by atoms with Crippen molar-refractivity contribution in [2.75, 3.05) is 6.61 Å². The Labute approximate surface area is 368 Å². The molecule has 0 bridgehead atoms. The molecule has 28 atom stereocenters. The van der Waals surface area contributed by atoms with E-state index in [1.165, 1.54) is 13.8 Å². The van der Waals surface area contributed by atoms with Gasteiger partial charge in [-0.1, -0.05) is 27.7 Å². The van der Waals surface area contributed by atoms with Gasteiger partial charge >= 0.3 is 5.97 Å². The number of esters is 1. The van der Waals surface area contributed by atoms with Gasteiger partial charge < -0.3 is 83.9 Å². The summed E-state index contributed by atoms with van der Waals surface area (Å²) in [5.74, 6) is -0.251. The zero-order chi connectivity index (χ0) is 45.2. The summed E-state index contributed by atoms with van der Waals surface area (Å²) in [5.41, 5.74) is -0.00730. The standard InChI is InChI=1S/C45H72O18/c1-17-13-28(47)45(63-39(17)55)18(2)29-26(62-45)15-25-23-8-7-21-14-22(9-11-43(21,5)24(23)10-12-44(25,29)6)58-42-38(61-41-36(54)34(52)31(49)20(4)57-41)37(32(50)27(16-46)59-42)60-40-35(53)33(51)30(48)19(3)56-40/h17-38,40-42,46-54H,7-16H2,1-6H3/t17-,18+,19+,20+,21+,22+,23-,24+,25+,26+,27-,28+,29+,30+,31+,32-,33-,34-,35-,36-,37+,38-,40+,41+,42+,43+,44+,45?/m1/s1. The molecule has 9 rings (SSSR count). The van der Waals surface area contributed by atoms with Crippen LogP contribution in [0.2, 0.25) is 0 Å². The largest absolute Gasteiger partial charge is 0.430 e. The average molecular weight is 901 g/mol. The van der Waals surface area contributed by atoms with Crippen LogP contribution in [0.1, 0.15) is 99.3 Å². The van der Waals surface area contributed by atoms with Gasteiger partial charge in [0.15, 0.2) is 18.9 Å². The summed E-state index contributed by atoms with van der Waals surface area (Å²) >= 11 is 0. The van der Waals surface area contributed by atoms with Gasteiger partial charge in [-0.05, 0) is 112 Å². The Morgan fingerprint density at radius 3 is 1.89 bits per heavy atom. The lowest BCUT2D eigenvalue weighted by atomic mass is 9.44. The molecule has 0 amide bonds. The Morgan fingerprint density at radius 2 is 1.25 bits per heavy atom. The van der Waals surface area contributed by atoms with Gasteiger partial charge in [-0.15, -0.1) is 0 Å². The van der Waals surface area contributed by atoms with E-state index in [-0.39, 0.29) is 46.8 Å². The number of rotatable bonds is 7. The van der Waals surface area contributed by atoms with E-state index in [9.17, 15) is 50.8 Å². The highest BCUT2D eigenvalue weighted by molar-refractivity contribution is 5.73. The second-order valence-electron chi connectivity index (χ2n) is 21.5. The molecule has 1 spiro atoms. The maximum Gasteiger partial charge on any atom is 0.311 e. The number of aliphatic hydroxyl groups is 9. The minimum atomic E-state index is -1.75. The molecule has 0 radical (unpaired) electrons. The predicted molar refractivity (Wildman–Crippen MR) is 214 cm³/mol. The Balaban J connectivity index is 0.919. The van der Waals surface area contributed by atoms with E-state index < -0.39 is 111 Å². The summed E-state index contributed by atoms with van der Waals surface area (Å²) in [5, 5.41) is 97.2. The summed E-state index contributed by atoms with van der Waals surface area (Å²) in [6.45, 7) is 11.0. The normalized spacial score (nSPS) is 59.3. The van der Waals surface area contributed by atoms with Crippen molar-refractivity contribution in [1.29, 1.82) is 0 Å². The monoisotopic (exact) mass is 900 g/mol. The van der Waals surface area contributed by atoms with Crippen LogP contribution in [0.4, 0.5) is 0 Å². The van der Waals surface area contributed by atoms with Crippen LogP contribution in [0.25, 0.3) is 0 Å². The van der Waals surface area contributed by atoms with Crippen molar-refractivity contribution in [3.05, 3.63) is 0 Å². The van der Waals surface area contributed by atoms with Gasteiger partial charge in [0, 0.05) is 5.92 Å². The Kier molecular flexibility index (Phi) is 12.7. The molecule has 5 heterocycles. The third-order valence-corrected chi connectivity index (χ3v) is 18.2. The highest BCUT2D eigenvalue weighted by Gasteiger charge is 2.72. The van der Waals surface area contributed by atoms with E-state index in [4.69, 9.17) is 37.9 Å². The summed E-state index contributed by atoms with van der Waals surface area (Å²) < 4.78 is 49.7. The third-order valence-electron chi connectivity index (χ3n) is 18.2. The first-order valence-corrected chi connectivity index (χ1v) is 23.6. The molecule has 18 heteroatoms. The highest BCUT2D eigenvalue weighted by atomic mass is 16.8. The predicted octanol–water partition coefficient (Wildman–Crippen LogP) is -0.181. The van der Waals surface area contributed by atoms with Crippen LogP contribution < -0.4 is 0 Å². The van der Waals surface area contributed by atoms with Gasteiger partial charge in [-0.2, -0.15) is 0 Å². The smallest absolute Gasteiger partial charge is 0.311 e. The van der Waals surface area contributed by atoms with E-state index in [0.29, 0.717) is 42.9 Å². The fourth-order valence-corrected chi connectivity index (χ4v) is 14.6. The van der Waals surface area contributed by atoms with Crippen molar-refractivity contribution in [3.8, 4) is 0 Å². The van der Waals surface area contributed by atoms with Gasteiger partial charge in [0.25, 0.3) is 0 Å². The SMILES string of the molecule is C[C@@H]1C[C@H](O)C2(OC1=O)O[C@H]1C[C@H]3[C@@H]4CC[C@H]5C[C@@H](O[C@H]6O[C@H](CO)[C@@H](O)[C@H](O[C@@H]7O[C@@H](C)[C@H](O)[C@@H](O)[C@H]7O)[C@H]6O[C@@H]6O[C@@H](C)[C@H](O)[C@@H](O)[C@H]6O)CC[C@]5(C)[C@H]4CC[C@]3(C)[C@H]1[C@@H]2C. The molecule has 0 aromatic rings. The second-order valence-corrected chi connectivity index (χ2v) is 21.5. The number of aliphatic hydroxyl groups excluding tert-OH is 9. The van der Waals surface area contributed by atoms with Crippen molar-refractivity contribution in [2.45, 2.75) is 216 Å². The zero-order valence-corrected chi connectivity index (χ0v) is 37.2.